The molecular formula is C7H15NO5S. The van der Waals surface area contributed by atoms with E-state index >= 15 is 0 Å². The highest BCUT2D eigenvalue weighted by Gasteiger charge is 2.19. The minimum absolute atomic E-state index is 0.143. The second-order valence-electron chi connectivity index (χ2n) is 2.77. The third-order valence-corrected chi connectivity index (χ3v) is 2.65. The highest BCUT2D eigenvalue weighted by molar-refractivity contribution is 7.90. The molecule has 0 saturated carbocycles. The molecule has 0 rings (SSSR count). The van der Waals surface area contributed by atoms with Crippen LogP contribution in [0.1, 0.15) is 13.8 Å². The molecular weight excluding hydrogens is 210 g/mol. The Balaban J connectivity index is 4.14. The summed E-state index contributed by atoms with van der Waals surface area (Å²) in [4.78, 5) is 10.8. The zero-order chi connectivity index (χ0) is 11.2. The number of hydrogen-bond acceptors (Lipinski definition) is 5. The van der Waals surface area contributed by atoms with Gasteiger partial charge in [-0.15, -0.1) is 0 Å². The quantitative estimate of drug-likeness (QED) is 0.557. The van der Waals surface area contributed by atoms with Gasteiger partial charge in [0.25, 0.3) is 0 Å². The van der Waals surface area contributed by atoms with Gasteiger partial charge in [-0.2, -0.15) is 0 Å². The number of esters is 1. The van der Waals surface area contributed by atoms with Gasteiger partial charge < -0.3 is 9.84 Å². The Bertz CT molecular complexity index is 274. The van der Waals surface area contributed by atoms with Crippen LogP contribution in [-0.2, 0) is 19.6 Å². The van der Waals surface area contributed by atoms with E-state index in [1.807, 2.05) is 0 Å². The first-order chi connectivity index (χ1) is 6.41. The van der Waals surface area contributed by atoms with Crippen molar-refractivity contribution in [2.45, 2.75) is 19.9 Å². The number of aliphatic hydroxyl groups excluding tert-OH is 1. The van der Waals surface area contributed by atoms with Crippen molar-refractivity contribution in [2.24, 2.45) is 0 Å². The minimum Gasteiger partial charge on any atom is -0.465 e. The summed E-state index contributed by atoms with van der Waals surface area (Å²) in [7, 11) is -3.70. The first kappa shape index (κ1) is 13.3. The number of rotatable bonds is 6. The molecule has 7 heteroatoms. The maximum Gasteiger partial charge on any atom is 0.322 e. The third kappa shape index (κ3) is 5.90. The Kier molecular flexibility index (Phi) is 5.66. The largest absolute Gasteiger partial charge is 0.465 e. The average molecular weight is 225 g/mol. The molecule has 1 atom stereocenters. The van der Waals surface area contributed by atoms with Crippen molar-refractivity contribution in [1.82, 2.24) is 4.72 Å². The Morgan fingerprint density at radius 1 is 1.57 bits per heavy atom. The van der Waals surface area contributed by atoms with E-state index in [1.54, 1.807) is 6.92 Å². The summed E-state index contributed by atoms with van der Waals surface area (Å²) < 4.78 is 28.9. The SMILES string of the molecule is CCOC(=O)CS(=O)(=O)NC(C)CO. The number of carbonyl (C=O) groups is 1. The summed E-state index contributed by atoms with van der Waals surface area (Å²) in [5, 5.41) is 8.59. The lowest BCUT2D eigenvalue weighted by Gasteiger charge is -2.10. The Morgan fingerprint density at radius 2 is 2.14 bits per heavy atom. The molecule has 0 aliphatic heterocycles. The van der Waals surface area contributed by atoms with Gasteiger partial charge in [0.2, 0.25) is 10.0 Å². The van der Waals surface area contributed by atoms with Gasteiger partial charge in [-0.05, 0) is 13.8 Å². The molecule has 84 valence electrons. The van der Waals surface area contributed by atoms with Crippen molar-refractivity contribution in [3.63, 3.8) is 0 Å². The summed E-state index contributed by atoms with van der Waals surface area (Å²) in [6, 6.07) is -0.602. The van der Waals surface area contributed by atoms with Crippen molar-refractivity contribution in [2.75, 3.05) is 19.0 Å². The molecule has 0 saturated heterocycles. The molecule has 0 aliphatic rings. The summed E-state index contributed by atoms with van der Waals surface area (Å²) in [5.41, 5.74) is 0. The van der Waals surface area contributed by atoms with E-state index in [4.69, 9.17) is 5.11 Å². The van der Waals surface area contributed by atoms with E-state index in [1.165, 1.54) is 6.92 Å². The van der Waals surface area contributed by atoms with Crippen molar-refractivity contribution < 1.29 is 23.1 Å². The van der Waals surface area contributed by atoms with E-state index in [0.717, 1.165) is 0 Å². The Hall–Kier alpha value is -0.660. The summed E-state index contributed by atoms with van der Waals surface area (Å²) in [6.45, 7) is 2.91. The molecule has 0 fully saturated rings. The zero-order valence-electron chi connectivity index (χ0n) is 8.19. The van der Waals surface area contributed by atoms with E-state index in [2.05, 4.69) is 9.46 Å². The molecule has 0 heterocycles. The fourth-order valence-electron chi connectivity index (χ4n) is 0.743. The summed E-state index contributed by atoms with van der Waals surface area (Å²) in [6.07, 6.45) is 0. The number of carbonyl (C=O) groups excluding carboxylic acids is 1. The number of nitrogens with one attached hydrogen (secondary N) is 1. The van der Waals surface area contributed by atoms with Crippen molar-refractivity contribution in [3.8, 4) is 0 Å². The van der Waals surface area contributed by atoms with E-state index < -0.39 is 27.8 Å². The smallest absolute Gasteiger partial charge is 0.322 e. The molecule has 0 bridgehead atoms. The topological polar surface area (TPSA) is 92.7 Å². The number of sulfonamides is 1. The van der Waals surface area contributed by atoms with Crippen molar-refractivity contribution >= 4 is 16.0 Å². The molecule has 0 aliphatic carbocycles. The molecule has 14 heavy (non-hydrogen) atoms. The Morgan fingerprint density at radius 3 is 2.57 bits per heavy atom. The van der Waals surface area contributed by atoms with Gasteiger partial charge in [-0.1, -0.05) is 0 Å². The third-order valence-electron chi connectivity index (χ3n) is 1.27. The zero-order valence-corrected chi connectivity index (χ0v) is 9.00. The van der Waals surface area contributed by atoms with Crippen LogP contribution in [0.2, 0.25) is 0 Å². The van der Waals surface area contributed by atoms with Gasteiger partial charge in [0.05, 0.1) is 13.2 Å². The fourth-order valence-corrected chi connectivity index (χ4v) is 1.91. The van der Waals surface area contributed by atoms with Crippen LogP contribution in [0.5, 0.6) is 0 Å². The van der Waals surface area contributed by atoms with Gasteiger partial charge in [0.15, 0.2) is 5.75 Å². The summed E-state index contributed by atoms with van der Waals surface area (Å²) >= 11 is 0. The summed E-state index contributed by atoms with van der Waals surface area (Å²) in [5.74, 6) is -1.52. The van der Waals surface area contributed by atoms with Crippen molar-refractivity contribution in [1.29, 1.82) is 0 Å². The standard InChI is InChI=1S/C7H15NO5S/c1-3-13-7(10)5-14(11,12)8-6(2)4-9/h6,8-9H,3-5H2,1-2H3. The molecule has 1 unspecified atom stereocenters. The molecule has 0 spiro atoms. The molecule has 0 radical (unpaired) electrons. The first-order valence-corrected chi connectivity index (χ1v) is 5.83. The molecule has 0 aromatic rings. The van der Waals surface area contributed by atoms with Crippen LogP contribution in [0, 0.1) is 0 Å². The first-order valence-electron chi connectivity index (χ1n) is 4.17. The van der Waals surface area contributed by atoms with Gasteiger partial charge >= 0.3 is 5.97 Å². The van der Waals surface area contributed by atoms with Gasteiger partial charge in [0.1, 0.15) is 0 Å². The average Bonchev–Trinajstić information content (AvgIpc) is 2.02. The maximum atomic E-state index is 11.2. The predicted octanol–water partition coefficient (Wildman–Crippen LogP) is -1.15. The van der Waals surface area contributed by atoms with Crippen LogP contribution in [0.25, 0.3) is 0 Å². The lowest BCUT2D eigenvalue weighted by atomic mass is 10.4. The fraction of sp³-hybridized carbons (Fsp3) is 0.857. The maximum absolute atomic E-state index is 11.2. The molecule has 6 nitrogen and oxygen atoms in total. The second-order valence-corrected chi connectivity index (χ2v) is 4.52. The van der Waals surface area contributed by atoms with Crippen LogP contribution in [-0.4, -0.2) is 44.5 Å². The van der Waals surface area contributed by atoms with E-state index in [0.29, 0.717) is 0 Å². The highest BCUT2D eigenvalue weighted by Crippen LogP contribution is 1.91. The van der Waals surface area contributed by atoms with Gasteiger partial charge in [-0.3, -0.25) is 4.79 Å². The number of hydrogen-bond donors (Lipinski definition) is 2. The molecule has 0 aromatic carbocycles. The Labute approximate surface area is 83.3 Å². The minimum atomic E-state index is -3.70. The predicted molar refractivity (Wildman–Crippen MR) is 50.1 cm³/mol. The van der Waals surface area contributed by atoms with Crippen LogP contribution in [0.3, 0.4) is 0 Å². The van der Waals surface area contributed by atoms with Crippen LogP contribution < -0.4 is 4.72 Å². The lowest BCUT2D eigenvalue weighted by Crippen LogP contribution is -2.38. The van der Waals surface area contributed by atoms with Crippen LogP contribution >= 0.6 is 0 Å². The molecule has 0 aromatic heterocycles. The monoisotopic (exact) mass is 225 g/mol. The lowest BCUT2D eigenvalue weighted by molar-refractivity contribution is -0.139. The highest BCUT2D eigenvalue weighted by atomic mass is 32.2. The van der Waals surface area contributed by atoms with Crippen LogP contribution in [0.4, 0.5) is 0 Å². The van der Waals surface area contributed by atoms with Crippen molar-refractivity contribution in [3.05, 3.63) is 0 Å². The van der Waals surface area contributed by atoms with Gasteiger partial charge in [0, 0.05) is 6.04 Å². The second kappa shape index (κ2) is 5.94. The normalized spacial score (nSPS) is 13.6. The van der Waals surface area contributed by atoms with Gasteiger partial charge in [-0.25, -0.2) is 13.1 Å². The van der Waals surface area contributed by atoms with Crippen LogP contribution in [0.15, 0.2) is 0 Å². The molecule has 0 amide bonds. The van der Waals surface area contributed by atoms with E-state index in [9.17, 15) is 13.2 Å². The van der Waals surface area contributed by atoms with E-state index in [-0.39, 0.29) is 13.2 Å². The molecule has 2 N–H and O–H groups in total. The number of aliphatic hydroxyl groups is 1. The number of ether oxygens (including phenoxy) is 1.